The van der Waals surface area contributed by atoms with E-state index >= 15 is 0 Å². The summed E-state index contributed by atoms with van der Waals surface area (Å²) in [7, 11) is -3.23. The Labute approximate surface area is 99.3 Å². The number of nitrogens with zero attached hydrogens (tertiary/aromatic N) is 1. The summed E-state index contributed by atoms with van der Waals surface area (Å²) in [6.07, 6.45) is 3.45. The average Bonchev–Trinajstić information content (AvgIpc) is 2.70. The van der Waals surface area contributed by atoms with Crippen molar-refractivity contribution in [1.29, 1.82) is 0 Å². The zero-order chi connectivity index (χ0) is 11.4. The van der Waals surface area contributed by atoms with Gasteiger partial charge < -0.3 is 5.32 Å². The number of aromatic nitrogens is 1. The molecule has 2 heterocycles. The van der Waals surface area contributed by atoms with Crippen LogP contribution in [0.3, 0.4) is 0 Å². The van der Waals surface area contributed by atoms with Crippen LogP contribution in [0.5, 0.6) is 0 Å². The number of hydrogen-bond donors (Lipinski definition) is 2. The molecular weight excluding hydrogens is 246 g/mol. The van der Waals surface area contributed by atoms with Gasteiger partial charge in [-0.3, -0.25) is 4.72 Å². The van der Waals surface area contributed by atoms with Gasteiger partial charge in [0, 0.05) is 11.6 Å². The van der Waals surface area contributed by atoms with Crippen LogP contribution in [0.2, 0.25) is 0 Å². The summed E-state index contributed by atoms with van der Waals surface area (Å²) < 4.78 is 26.1. The minimum absolute atomic E-state index is 0.203. The summed E-state index contributed by atoms with van der Waals surface area (Å²) in [5, 5.41) is 5.43. The van der Waals surface area contributed by atoms with Gasteiger partial charge in [-0.2, -0.15) is 0 Å². The van der Waals surface area contributed by atoms with Crippen molar-refractivity contribution in [2.75, 3.05) is 23.6 Å². The van der Waals surface area contributed by atoms with Crippen molar-refractivity contribution in [3.8, 4) is 0 Å². The van der Waals surface area contributed by atoms with Crippen molar-refractivity contribution in [3.05, 3.63) is 11.6 Å². The predicted molar refractivity (Wildman–Crippen MR) is 65.1 cm³/mol. The fraction of sp³-hybridized carbons (Fsp3) is 0.667. The van der Waals surface area contributed by atoms with E-state index in [0.717, 1.165) is 25.9 Å². The molecule has 5 nitrogen and oxygen atoms in total. The normalized spacial score (nSPS) is 18.5. The quantitative estimate of drug-likeness (QED) is 0.844. The van der Waals surface area contributed by atoms with Crippen LogP contribution in [-0.2, 0) is 10.0 Å². The summed E-state index contributed by atoms with van der Waals surface area (Å²) in [5.41, 5.74) is 0. The van der Waals surface area contributed by atoms with Gasteiger partial charge in [0.05, 0.1) is 5.75 Å². The van der Waals surface area contributed by atoms with Gasteiger partial charge in [0.15, 0.2) is 5.13 Å². The maximum atomic E-state index is 11.8. The van der Waals surface area contributed by atoms with Crippen LogP contribution in [-0.4, -0.2) is 32.2 Å². The Morgan fingerprint density at radius 1 is 1.50 bits per heavy atom. The molecular formula is C9H15N3O2S2. The van der Waals surface area contributed by atoms with Crippen LogP contribution in [0.15, 0.2) is 11.6 Å². The lowest BCUT2D eigenvalue weighted by Crippen LogP contribution is -2.33. The second-order valence-electron chi connectivity index (χ2n) is 3.91. The molecule has 0 unspecified atom stereocenters. The van der Waals surface area contributed by atoms with Gasteiger partial charge in [-0.05, 0) is 31.8 Å². The monoisotopic (exact) mass is 261 g/mol. The number of thiazole rings is 1. The Hall–Kier alpha value is -0.660. The predicted octanol–water partition coefficient (Wildman–Crippen LogP) is 0.884. The molecule has 1 saturated heterocycles. The number of nitrogens with one attached hydrogen (secondary N) is 2. The summed E-state index contributed by atoms with van der Waals surface area (Å²) >= 11 is 1.30. The topological polar surface area (TPSA) is 71.1 Å². The smallest absolute Gasteiger partial charge is 0.234 e. The minimum atomic E-state index is -3.23. The Kier molecular flexibility index (Phi) is 3.78. The second kappa shape index (κ2) is 5.11. The molecule has 0 saturated carbocycles. The molecule has 1 aliphatic rings. The van der Waals surface area contributed by atoms with Crippen LogP contribution in [0, 0.1) is 5.92 Å². The molecule has 0 atom stereocenters. The highest BCUT2D eigenvalue weighted by atomic mass is 32.2. The van der Waals surface area contributed by atoms with Crippen molar-refractivity contribution in [1.82, 2.24) is 10.3 Å². The third-order valence-electron chi connectivity index (χ3n) is 2.59. The Morgan fingerprint density at radius 2 is 2.25 bits per heavy atom. The van der Waals surface area contributed by atoms with Crippen LogP contribution >= 0.6 is 11.3 Å². The molecule has 1 aromatic heterocycles. The zero-order valence-electron chi connectivity index (χ0n) is 8.85. The van der Waals surface area contributed by atoms with E-state index in [1.165, 1.54) is 11.3 Å². The van der Waals surface area contributed by atoms with Gasteiger partial charge >= 0.3 is 0 Å². The first-order valence-corrected chi connectivity index (χ1v) is 7.79. The maximum Gasteiger partial charge on any atom is 0.234 e. The highest BCUT2D eigenvalue weighted by Gasteiger charge is 2.21. The van der Waals surface area contributed by atoms with Crippen LogP contribution in [0.1, 0.15) is 12.8 Å². The van der Waals surface area contributed by atoms with Crippen molar-refractivity contribution >= 4 is 26.5 Å². The van der Waals surface area contributed by atoms with E-state index in [1.807, 2.05) is 0 Å². The Bertz CT molecular complexity index is 410. The lowest BCUT2D eigenvalue weighted by Gasteiger charge is -2.22. The number of anilines is 1. The van der Waals surface area contributed by atoms with Crippen LogP contribution in [0.25, 0.3) is 0 Å². The maximum absolute atomic E-state index is 11.8. The van der Waals surface area contributed by atoms with Gasteiger partial charge in [0.2, 0.25) is 10.0 Å². The molecule has 0 spiro atoms. The standard InChI is InChI=1S/C9H15N3O2S2/c13-16(14,12-9-11-5-6-15-9)7-8-1-3-10-4-2-8/h5-6,8,10H,1-4,7H2,(H,11,12). The first-order chi connectivity index (χ1) is 7.66. The molecule has 2 rings (SSSR count). The molecule has 0 radical (unpaired) electrons. The fourth-order valence-electron chi connectivity index (χ4n) is 1.81. The van der Waals surface area contributed by atoms with Crippen LogP contribution < -0.4 is 10.0 Å². The summed E-state index contributed by atoms with van der Waals surface area (Å²) in [4.78, 5) is 3.91. The van der Waals surface area contributed by atoms with E-state index < -0.39 is 10.0 Å². The fourth-order valence-corrected chi connectivity index (χ4v) is 4.11. The third kappa shape index (κ3) is 3.43. The first kappa shape index (κ1) is 11.8. The minimum Gasteiger partial charge on any atom is -0.317 e. The Balaban J connectivity index is 1.92. The zero-order valence-corrected chi connectivity index (χ0v) is 10.5. The number of rotatable bonds is 4. The molecule has 1 fully saturated rings. The molecule has 2 N–H and O–H groups in total. The van der Waals surface area contributed by atoms with Gasteiger partial charge in [-0.1, -0.05) is 0 Å². The average molecular weight is 261 g/mol. The lowest BCUT2D eigenvalue weighted by atomic mass is 10.0. The van der Waals surface area contributed by atoms with Crippen molar-refractivity contribution in [3.63, 3.8) is 0 Å². The molecule has 7 heteroatoms. The molecule has 1 aliphatic heterocycles. The van der Waals surface area contributed by atoms with Gasteiger partial charge in [-0.15, -0.1) is 11.3 Å². The first-order valence-electron chi connectivity index (χ1n) is 5.26. The third-order valence-corrected chi connectivity index (χ3v) is 4.82. The van der Waals surface area contributed by atoms with E-state index in [4.69, 9.17) is 0 Å². The van der Waals surface area contributed by atoms with E-state index in [1.54, 1.807) is 11.6 Å². The Morgan fingerprint density at radius 3 is 2.88 bits per heavy atom. The van der Waals surface area contributed by atoms with Crippen molar-refractivity contribution in [2.24, 2.45) is 5.92 Å². The summed E-state index contributed by atoms with van der Waals surface area (Å²) in [6.45, 7) is 1.83. The van der Waals surface area contributed by atoms with Gasteiger partial charge in [0.25, 0.3) is 0 Å². The molecule has 0 aliphatic carbocycles. The van der Waals surface area contributed by atoms with Crippen LogP contribution in [0.4, 0.5) is 5.13 Å². The number of piperidine rings is 1. The van der Waals surface area contributed by atoms with Gasteiger partial charge in [-0.25, -0.2) is 13.4 Å². The van der Waals surface area contributed by atoms with Gasteiger partial charge in [0.1, 0.15) is 0 Å². The number of hydrogen-bond acceptors (Lipinski definition) is 5. The second-order valence-corrected chi connectivity index (χ2v) is 6.58. The highest BCUT2D eigenvalue weighted by Crippen LogP contribution is 2.17. The van der Waals surface area contributed by atoms with E-state index in [0.29, 0.717) is 5.13 Å². The molecule has 1 aromatic rings. The molecule has 0 aromatic carbocycles. The highest BCUT2D eigenvalue weighted by molar-refractivity contribution is 7.92. The van der Waals surface area contributed by atoms with E-state index in [9.17, 15) is 8.42 Å². The summed E-state index contributed by atoms with van der Waals surface area (Å²) in [6, 6.07) is 0. The number of sulfonamides is 1. The molecule has 0 bridgehead atoms. The summed E-state index contributed by atoms with van der Waals surface area (Å²) in [5.74, 6) is 0.465. The molecule has 90 valence electrons. The van der Waals surface area contributed by atoms with E-state index in [2.05, 4.69) is 15.0 Å². The molecule has 16 heavy (non-hydrogen) atoms. The largest absolute Gasteiger partial charge is 0.317 e. The van der Waals surface area contributed by atoms with E-state index in [-0.39, 0.29) is 11.7 Å². The molecule has 0 amide bonds. The van der Waals surface area contributed by atoms with Crippen molar-refractivity contribution in [2.45, 2.75) is 12.8 Å². The van der Waals surface area contributed by atoms with Crippen molar-refractivity contribution < 1.29 is 8.42 Å². The lowest BCUT2D eigenvalue weighted by molar-refractivity contribution is 0.402. The SMILES string of the molecule is O=S(=O)(CC1CCNCC1)Nc1nccs1.